The number of nitrogen functional groups attached to an aromatic ring is 1. The highest BCUT2D eigenvalue weighted by molar-refractivity contribution is 6.04. The third kappa shape index (κ3) is 3.59. The van der Waals surface area contributed by atoms with E-state index in [-0.39, 0.29) is 11.6 Å². The predicted molar refractivity (Wildman–Crippen MR) is 104 cm³/mol. The van der Waals surface area contributed by atoms with Crippen molar-refractivity contribution in [3.05, 3.63) is 48.4 Å². The highest BCUT2D eigenvalue weighted by atomic mass is 16.1. The molecule has 1 fully saturated rings. The number of rotatable bonds is 4. The fourth-order valence-electron chi connectivity index (χ4n) is 3.16. The number of nitrogens with zero attached hydrogens (tertiary/aromatic N) is 5. The molecule has 1 aromatic carbocycles. The third-order valence-electron chi connectivity index (χ3n) is 4.65. The van der Waals surface area contributed by atoms with Gasteiger partial charge in [-0.2, -0.15) is 5.10 Å². The maximum absolute atomic E-state index is 12.6. The minimum Gasteiger partial charge on any atom is -0.397 e. The number of aryl methyl sites for hydroxylation is 1. The van der Waals surface area contributed by atoms with Crippen molar-refractivity contribution in [3.63, 3.8) is 0 Å². The minimum atomic E-state index is -0.342. The molecule has 27 heavy (non-hydrogen) atoms. The van der Waals surface area contributed by atoms with Crippen LogP contribution in [0.25, 0.3) is 11.1 Å². The largest absolute Gasteiger partial charge is 0.397 e. The van der Waals surface area contributed by atoms with Gasteiger partial charge in [0, 0.05) is 31.9 Å². The Morgan fingerprint density at radius 2 is 1.93 bits per heavy atom. The lowest BCUT2D eigenvalue weighted by Gasteiger charge is -2.15. The summed E-state index contributed by atoms with van der Waals surface area (Å²) < 4.78 is 1.72. The molecular weight excluding hydrogens is 342 g/mol. The van der Waals surface area contributed by atoms with Crippen molar-refractivity contribution >= 4 is 23.1 Å². The van der Waals surface area contributed by atoms with Gasteiger partial charge in [-0.1, -0.05) is 6.07 Å². The van der Waals surface area contributed by atoms with Gasteiger partial charge in [0.25, 0.3) is 5.91 Å². The molecule has 0 saturated carbocycles. The number of hydrogen-bond donors (Lipinski definition) is 2. The lowest BCUT2D eigenvalue weighted by Crippen LogP contribution is -2.21. The van der Waals surface area contributed by atoms with Crippen molar-refractivity contribution in [1.29, 1.82) is 0 Å². The predicted octanol–water partition coefficient (Wildman–Crippen LogP) is 2.31. The van der Waals surface area contributed by atoms with Crippen molar-refractivity contribution in [3.8, 4) is 11.1 Å². The number of carbonyl (C=O) groups is 1. The molecule has 1 saturated heterocycles. The lowest BCUT2D eigenvalue weighted by atomic mass is 10.1. The van der Waals surface area contributed by atoms with Crippen LogP contribution in [0.5, 0.6) is 0 Å². The zero-order valence-electron chi connectivity index (χ0n) is 15.1. The lowest BCUT2D eigenvalue weighted by molar-refractivity contribution is 0.102. The highest BCUT2D eigenvalue weighted by Gasteiger charge is 2.16. The molecule has 0 aliphatic carbocycles. The van der Waals surface area contributed by atoms with E-state index in [1.165, 1.54) is 0 Å². The number of nitrogens with two attached hydrogens (primary N) is 1. The molecule has 3 N–H and O–H groups in total. The first-order valence-electron chi connectivity index (χ1n) is 8.89. The summed E-state index contributed by atoms with van der Waals surface area (Å²) in [5, 5.41) is 15.3. The van der Waals surface area contributed by atoms with E-state index in [1.807, 2.05) is 31.4 Å². The van der Waals surface area contributed by atoms with Crippen molar-refractivity contribution in [2.75, 3.05) is 29.0 Å². The molecule has 0 radical (unpaired) electrons. The Balaban J connectivity index is 1.52. The van der Waals surface area contributed by atoms with Crippen LogP contribution in [0, 0.1) is 0 Å². The van der Waals surface area contributed by atoms with Crippen LogP contribution in [0.2, 0.25) is 0 Å². The maximum atomic E-state index is 12.6. The van der Waals surface area contributed by atoms with E-state index >= 15 is 0 Å². The van der Waals surface area contributed by atoms with Gasteiger partial charge in [-0.05, 0) is 42.7 Å². The summed E-state index contributed by atoms with van der Waals surface area (Å²) in [5.41, 5.74) is 9.17. The van der Waals surface area contributed by atoms with Crippen molar-refractivity contribution in [2.24, 2.45) is 7.05 Å². The monoisotopic (exact) mass is 363 g/mol. The van der Waals surface area contributed by atoms with Crippen LogP contribution in [0.15, 0.2) is 42.7 Å². The van der Waals surface area contributed by atoms with Crippen LogP contribution in [0.4, 0.5) is 17.2 Å². The molecular formula is C19H21N7O. The molecule has 0 spiro atoms. The zero-order valence-corrected chi connectivity index (χ0v) is 15.1. The number of hydrogen-bond acceptors (Lipinski definition) is 6. The first-order valence-corrected chi connectivity index (χ1v) is 8.89. The molecule has 0 unspecified atom stereocenters. The van der Waals surface area contributed by atoms with Crippen LogP contribution in [-0.4, -0.2) is 39.0 Å². The number of carbonyl (C=O) groups excluding carboxylic acids is 1. The van der Waals surface area contributed by atoms with Gasteiger partial charge in [-0.15, -0.1) is 10.2 Å². The average molecular weight is 363 g/mol. The first kappa shape index (κ1) is 17.0. The summed E-state index contributed by atoms with van der Waals surface area (Å²) in [6.07, 6.45) is 5.99. The molecule has 8 heteroatoms. The van der Waals surface area contributed by atoms with Gasteiger partial charge >= 0.3 is 0 Å². The van der Waals surface area contributed by atoms with Crippen LogP contribution in [0.1, 0.15) is 23.3 Å². The van der Waals surface area contributed by atoms with E-state index in [1.54, 1.807) is 23.0 Å². The van der Waals surface area contributed by atoms with E-state index in [9.17, 15) is 4.79 Å². The van der Waals surface area contributed by atoms with E-state index in [0.29, 0.717) is 11.4 Å². The van der Waals surface area contributed by atoms with Crippen molar-refractivity contribution < 1.29 is 4.79 Å². The van der Waals surface area contributed by atoms with Gasteiger partial charge in [0.15, 0.2) is 11.5 Å². The number of nitrogens with one attached hydrogen (secondary N) is 1. The van der Waals surface area contributed by atoms with E-state index in [2.05, 4.69) is 25.5 Å². The quantitative estimate of drug-likeness (QED) is 0.690. The summed E-state index contributed by atoms with van der Waals surface area (Å²) in [5.74, 6) is 0.465. The highest BCUT2D eigenvalue weighted by Crippen LogP contribution is 2.27. The van der Waals surface area contributed by atoms with Crippen LogP contribution in [0.3, 0.4) is 0 Å². The molecule has 2 aromatic heterocycles. The van der Waals surface area contributed by atoms with Crippen LogP contribution >= 0.6 is 0 Å². The Hall–Kier alpha value is -3.42. The van der Waals surface area contributed by atoms with Gasteiger partial charge in [0.05, 0.1) is 17.6 Å². The Labute approximate surface area is 157 Å². The zero-order chi connectivity index (χ0) is 18.8. The number of aromatic nitrogens is 4. The molecule has 3 heterocycles. The Morgan fingerprint density at radius 1 is 1.11 bits per heavy atom. The minimum absolute atomic E-state index is 0.254. The topological polar surface area (TPSA) is 102 Å². The smallest absolute Gasteiger partial charge is 0.276 e. The Bertz CT molecular complexity index is 958. The molecule has 1 aliphatic rings. The standard InChI is InChI=1S/C19H21N7O/c1-25-12-14(11-21-25)13-4-5-15(20)17(10-13)22-19(27)16-6-7-18(24-23-16)26-8-2-3-9-26/h4-7,10-12H,2-3,8-9,20H2,1H3,(H,22,27). The van der Waals surface area contributed by atoms with Gasteiger partial charge in [0.1, 0.15) is 0 Å². The van der Waals surface area contributed by atoms with E-state index < -0.39 is 0 Å². The normalized spacial score (nSPS) is 13.7. The van der Waals surface area contributed by atoms with Gasteiger partial charge in [0.2, 0.25) is 0 Å². The molecule has 3 aromatic rings. The number of amides is 1. The molecule has 8 nitrogen and oxygen atoms in total. The SMILES string of the molecule is Cn1cc(-c2ccc(N)c(NC(=O)c3ccc(N4CCCC4)nn3)c2)cn1. The van der Waals surface area contributed by atoms with Crippen molar-refractivity contribution in [2.45, 2.75) is 12.8 Å². The van der Waals surface area contributed by atoms with E-state index in [0.717, 1.165) is 42.9 Å². The maximum Gasteiger partial charge on any atom is 0.276 e. The average Bonchev–Trinajstić information content (AvgIpc) is 3.35. The summed E-state index contributed by atoms with van der Waals surface area (Å²) in [7, 11) is 1.86. The van der Waals surface area contributed by atoms with Gasteiger partial charge in [-0.3, -0.25) is 9.48 Å². The second-order valence-electron chi connectivity index (χ2n) is 6.63. The van der Waals surface area contributed by atoms with Gasteiger partial charge < -0.3 is 16.0 Å². The molecule has 0 atom stereocenters. The summed E-state index contributed by atoms with van der Waals surface area (Å²) in [6, 6.07) is 9.02. The second-order valence-corrected chi connectivity index (χ2v) is 6.63. The van der Waals surface area contributed by atoms with Crippen LogP contribution in [-0.2, 0) is 7.05 Å². The molecule has 1 aliphatic heterocycles. The third-order valence-corrected chi connectivity index (χ3v) is 4.65. The fourth-order valence-corrected chi connectivity index (χ4v) is 3.16. The first-order chi connectivity index (χ1) is 13.1. The number of anilines is 3. The van der Waals surface area contributed by atoms with Crippen molar-refractivity contribution in [1.82, 2.24) is 20.0 Å². The molecule has 1 amide bonds. The Kier molecular flexibility index (Phi) is 4.45. The molecule has 4 rings (SSSR count). The second kappa shape index (κ2) is 7.06. The summed E-state index contributed by atoms with van der Waals surface area (Å²) in [6.45, 7) is 1.97. The number of benzene rings is 1. The van der Waals surface area contributed by atoms with E-state index in [4.69, 9.17) is 5.73 Å². The molecule has 138 valence electrons. The fraction of sp³-hybridized carbons (Fsp3) is 0.263. The van der Waals surface area contributed by atoms with Crippen LogP contribution < -0.4 is 16.0 Å². The summed E-state index contributed by atoms with van der Waals surface area (Å²) in [4.78, 5) is 14.7. The molecule has 0 bridgehead atoms. The Morgan fingerprint density at radius 3 is 2.59 bits per heavy atom. The summed E-state index contributed by atoms with van der Waals surface area (Å²) >= 11 is 0. The van der Waals surface area contributed by atoms with Gasteiger partial charge in [-0.25, -0.2) is 0 Å².